The van der Waals surface area contributed by atoms with Crippen molar-refractivity contribution >= 4 is 11.3 Å². The Labute approximate surface area is 147 Å². The van der Waals surface area contributed by atoms with Crippen LogP contribution in [0.25, 0.3) is 0 Å². The first-order valence-corrected chi connectivity index (χ1v) is 9.47. The Bertz CT molecular complexity index is 658. The lowest BCUT2D eigenvalue weighted by molar-refractivity contribution is 0.0705. The zero-order valence-corrected chi connectivity index (χ0v) is 15.0. The molecule has 2 aromatic heterocycles. The zero-order valence-electron chi connectivity index (χ0n) is 14.2. The van der Waals surface area contributed by atoms with Crippen LogP contribution >= 0.6 is 11.3 Å². The summed E-state index contributed by atoms with van der Waals surface area (Å²) in [6.45, 7) is 7.88. The van der Waals surface area contributed by atoms with Crippen LogP contribution in [0.15, 0.2) is 24.0 Å². The monoisotopic (exact) mass is 347 g/mol. The van der Waals surface area contributed by atoms with Gasteiger partial charge >= 0.3 is 0 Å². The summed E-state index contributed by atoms with van der Waals surface area (Å²) in [5.41, 5.74) is 0.249. The quantitative estimate of drug-likeness (QED) is 0.841. The molecule has 6 nitrogen and oxygen atoms in total. The predicted molar refractivity (Wildman–Crippen MR) is 93.7 cm³/mol. The van der Waals surface area contributed by atoms with Gasteiger partial charge in [-0.3, -0.25) is 9.80 Å². The molecule has 130 valence electrons. The van der Waals surface area contributed by atoms with Crippen molar-refractivity contribution in [3.63, 3.8) is 0 Å². The van der Waals surface area contributed by atoms with Gasteiger partial charge in [-0.1, -0.05) is 0 Å². The highest BCUT2D eigenvalue weighted by atomic mass is 32.1. The van der Waals surface area contributed by atoms with E-state index in [4.69, 9.17) is 4.74 Å². The molecule has 0 N–H and O–H groups in total. The Hall–Kier alpha value is -1.28. The molecule has 0 saturated carbocycles. The van der Waals surface area contributed by atoms with Crippen LogP contribution < -0.4 is 0 Å². The molecule has 2 fully saturated rings. The van der Waals surface area contributed by atoms with Gasteiger partial charge in [0, 0.05) is 56.1 Å². The molecule has 1 atom stereocenters. The minimum atomic E-state index is 0.249. The van der Waals surface area contributed by atoms with Gasteiger partial charge in [-0.25, -0.2) is 9.97 Å². The molecule has 1 spiro atoms. The molecule has 0 bridgehead atoms. The molecular weight excluding hydrogens is 322 g/mol. The van der Waals surface area contributed by atoms with Crippen LogP contribution in [0.3, 0.4) is 0 Å². The van der Waals surface area contributed by atoms with Crippen LogP contribution in [0.5, 0.6) is 0 Å². The van der Waals surface area contributed by atoms with Crippen molar-refractivity contribution in [2.45, 2.75) is 19.5 Å². The Morgan fingerprint density at radius 1 is 1.17 bits per heavy atom. The molecule has 1 unspecified atom stereocenters. The third-order valence-electron chi connectivity index (χ3n) is 5.16. The van der Waals surface area contributed by atoms with Crippen LogP contribution in [0.4, 0.5) is 0 Å². The van der Waals surface area contributed by atoms with Crippen LogP contribution in [0.2, 0.25) is 0 Å². The van der Waals surface area contributed by atoms with E-state index in [0.717, 1.165) is 58.3 Å². The van der Waals surface area contributed by atoms with Crippen molar-refractivity contribution in [2.75, 3.05) is 39.4 Å². The lowest BCUT2D eigenvalue weighted by atomic mass is 9.87. The summed E-state index contributed by atoms with van der Waals surface area (Å²) >= 11 is 1.75. The van der Waals surface area contributed by atoms with E-state index in [0.29, 0.717) is 0 Å². The molecule has 2 aliphatic rings. The number of hydrogen-bond acceptors (Lipinski definition) is 6. The average molecular weight is 347 g/mol. The summed E-state index contributed by atoms with van der Waals surface area (Å²) in [6, 6.07) is 0. The summed E-state index contributed by atoms with van der Waals surface area (Å²) in [7, 11) is 2.07. The van der Waals surface area contributed by atoms with Gasteiger partial charge in [-0.05, 0) is 13.0 Å². The molecule has 0 aliphatic carbocycles. The minimum absolute atomic E-state index is 0.249. The summed E-state index contributed by atoms with van der Waals surface area (Å²) in [4.78, 5) is 14.0. The average Bonchev–Trinajstić information content (AvgIpc) is 3.26. The van der Waals surface area contributed by atoms with Crippen molar-refractivity contribution in [3.8, 4) is 0 Å². The van der Waals surface area contributed by atoms with E-state index in [1.165, 1.54) is 11.4 Å². The maximum Gasteiger partial charge on any atom is 0.122 e. The molecule has 2 aliphatic heterocycles. The second kappa shape index (κ2) is 6.92. The van der Waals surface area contributed by atoms with Gasteiger partial charge in [0.25, 0.3) is 0 Å². The number of hydrogen-bond donors (Lipinski definition) is 0. The first kappa shape index (κ1) is 16.2. The third-order valence-corrected chi connectivity index (χ3v) is 5.93. The van der Waals surface area contributed by atoms with Gasteiger partial charge in [0.1, 0.15) is 10.8 Å². The first-order chi connectivity index (χ1) is 11.7. The number of imidazole rings is 1. The molecule has 7 heteroatoms. The topological polar surface area (TPSA) is 46.4 Å². The summed E-state index contributed by atoms with van der Waals surface area (Å²) in [5.74, 6) is 1.13. The number of rotatable bonds is 4. The highest BCUT2D eigenvalue weighted by molar-refractivity contribution is 7.09. The maximum atomic E-state index is 5.99. The number of aryl methyl sites for hydroxylation is 1. The standard InChI is InChI=1S/C17H25N5OS/c1-20-6-3-18-15(20)10-22-7-8-23-14-17(13-22)2-5-21(12-17)11-16-19-4-9-24-16/h3-4,6,9H,2,5,7-8,10-14H2,1H3. The van der Waals surface area contributed by atoms with Gasteiger partial charge < -0.3 is 9.30 Å². The molecule has 2 aromatic rings. The van der Waals surface area contributed by atoms with E-state index in [1.807, 2.05) is 18.6 Å². The highest BCUT2D eigenvalue weighted by Gasteiger charge is 2.41. The Morgan fingerprint density at radius 3 is 2.79 bits per heavy atom. The van der Waals surface area contributed by atoms with E-state index in [2.05, 4.69) is 36.8 Å². The lowest BCUT2D eigenvalue weighted by Gasteiger charge is -2.31. The first-order valence-electron chi connectivity index (χ1n) is 8.60. The van der Waals surface area contributed by atoms with E-state index >= 15 is 0 Å². The summed E-state index contributed by atoms with van der Waals surface area (Å²) in [5, 5.41) is 3.27. The van der Waals surface area contributed by atoms with E-state index in [-0.39, 0.29) is 5.41 Å². The molecule has 0 aromatic carbocycles. The molecule has 24 heavy (non-hydrogen) atoms. The Kier molecular flexibility index (Phi) is 4.67. The number of ether oxygens (including phenoxy) is 1. The van der Waals surface area contributed by atoms with Crippen LogP contribution in [0, 0.1) is 5.41 Å². The lowest BCUT2D eigenvalue weighted by Crippen LogP contribution is -2.40. The summed E-state index contributed by atoms with van der Waals surface area (Å²) < 4.78 is 8.10. The maximum absolute atomic E-state index is 5.99. The molecule has 0 amide bonds. The van der Waals surface area contributed by atoms with E-state index in [9.17, 15) is 0 Å². The van der Waals surface area contributed by atoms with Crippen molar-refractivity contribution in [1.29, 1.82) is 0 Å². The van der Waals surface area contributed by atoms with Gasteiger partial charge in [0.15, 0.2) is 0 Å². The predicted octanol–water partition coefficient (Wildman–Crippen LogP) is 1.60. The fourth-order valence-electron chi connectivity index (χ4n) is 3.90. The molecule has 4 rings (SSSR count). The minimum Gasteiger partial charge on any atom is -0.379 e. The largest absolute Gasteiger partial charge is 0.379 e. The normalized spacial score (nSPS) is 26.2. The zero-order chi connectivity index (χ0) is 16.4. The Morgan fingerprint density at radius 2 is 2.04 bits per heavy atom. The fraction of sp³-hybridized carbons (Fsp3) is 0.647. The Balaban J connectivity index is 1.41. The number of thiazole rings is 1. The van der Waals surface area contributed by atoms with Crippen molar-refractivity contribution in [3.05, 3.63) is 34.8 Å². The second-order valence-electron chi connectivity index (χ2n) is 7.10. The highest BCUT2D eigenvalue weighted by Crippen LogP contribution is 2.34. The molecular formula is C17H25N5OS. The second-order valence-corrected chi connectivity index (χ2v) is 8.08. The van der Waals surface area contributed by atoms with Gasteiger partial charge in [-0.2, -0.15) is 0 Å². The van der Waals surface area contributed by atoms with E-state index in [1.54, 1.807) is 11.3 Å². The SMILES string of the molecule is Cn1ccnc1CN1CCOCC2(CCN(Cc3nccs3)C2)C1. The number of nitrogens with zero attached hydrogens (tertiary/aromatic N) is 5. The van der Waals surface area contributed by atoms with E-state index < -0.39 is 0 Å². The van der Waals surface area contributed by atoms with Gasteiger partial charge in [0.05, 0.1) is 26.3 Å². The van der Waals surface area contributed by atoms with Crippen LogP contribution in [-0.2, 0) is 24.9 Å². The smallest absolute Gasteiger partial charge is 0.122 e. The molecule has 4 heterocycles. The van der Waals surface area contributed by atoms with Gasteiger partial charge in [-0.15, -0.1) is 11.3 Å². The molecule has 2 saturated heterocycles. The number of aromatic nitrogens is 3. The van der Waals surface area contributed by atoms with Crippen LogP contribution in [-0.4, -0.2) is 63.7 Å². The van der Waals surface area contributed by atoms with Crippen molar-refractivity contribution in [2.24, 2.45) is 12.5 Å². The fourth-order valence-corrected chi connectivity index (χ4v) is 4.55. The van der Waals surface area contributed by atoms with Crippen molar-refractivity contribution in [1.82, 2.24) is 24.3 Å². The molecule has 0 radical (unpaired) electrons. The number of likely N-dealkylation sites (tertiary alicyclic amines) is 1. The van der Waals surface area contributed by atoms with Gasteiger partial charge in [0.2, 0.25) is 0 Å². The van der Waals surface area contributed by atoms with Crippen molar-refractivity contribution < 1.29 is 4.74 Å². The third kappa shape index (κ3) is 3.54. The van der Waals surface area contributed by atoms with Crippen LogP contribution in [0.1, 0.15) is 17.3 Å². The summed E-state index contributed by atoms with van der Waals surface area (Å²) in [6.07, 6.45) is 7.00.